The normalized spacial score (nSPS) is 20.4. The molecule has 8 nitrogen and oxygen atoms in total. The third-order valence-corrected chi connectivity index (χ3v) is 5.74. The van der Waals surface area contributed by atoms with Crippen molar-refractivity contribution in [3.8, 4) is 5.75 Å². The van der Waals surface area contributed by atoms with E-state index >= 15 is 0 Å². The van der Waals surface area contributed by atoms with Gasteiger partial charge in [0.25, 0.3) is 11.8 Å². The predicted octanol–water partition coefficient (Wildman–Crippen LogP) is 1.55. The molecule has 0 bridgehead atoms. The summed E-state index contributed by atoms with van der Waals surface area (Å²) in [5, 5.41) is 20.8. The van der Waals surface area contributed by atoms with E-state index in [1.165, 1.54) is 6.07 Å². The molecule has 4 rings (SSSR count). The molecule has 3 heterocycles. The fourth-order valence-corrected chi connectivity index (χ4v) is 4.03. The van der Waals surface area contributed by atoms with Crippen molar-refractivity contribution in [3.63, 3.8) is 0 Å². The van der Waals surface area contributed by atoms with Gasteiger partial charge >= 0.3 is 0 Å². The van der Waals surface area contributed by atoms with Gasteiger partial charge in [-0.2, -0.15) is 5.10 Å². The fraction of sp³-hybridized carbons (Fsp3) is 0.476. The zero-order valence-electron chi connectivity index (χ0n) is 16.4. The SMILES string of the molecule is O=C(NC1CCN(C(=O)c2ccccc2O)CC1)c1ccn(C2CCCNC2)n1. The quantitative estimate of drug-likeness (QED) is 0.727. The summed E-state index contributed by atoms with van der Waals surface area (Å²) in [6.45, 7) is 3.00. The molecule has 8 heteroatoms. The minimum atomic E-state index is -0.173. The number of benzene rings is 1. The third kappa shape index (κ3) is 4.42. The van der Waals surface area contributed by atoms with Crippen molar-refractivity contribution < 1.29 is 14.7 Å². The van der Waals surface area contributed by atoms with E-state index < -0.39 is 0 Å². The molecule has 0 aliphatic carbocycles. The summed E-state index contributed by atoms with van der Waals surface area (Å²) in [4.78, 5) is 26.9. The maximum atomic E-state index is 12.6. The first kappa shape index (κ1) is 19.4. The van der Waals surface area contributed by atoms with Crippen molar-refractivity contribution in [1.29, 1.82) is 0 Å². The monoisotopic (exact) mass is 397 g/mol. The number of amides is 2. The molecule has 0 radical (unpaired) electrons. The van der Waals surface area contributed by atoms with E-state index in [9.17, 15) is 14.7 Å². The van der Waals surface area contributed by atoms with Crippen molar-refractivity contribution in [2.45, 2.75) is 37.8 Å². The van der Waals surface area contributed by atoms with Crippen LogP contribution in [0.3, 0.4) is 0 Å². The van der Waals surface area contributed by atoms with Crippen LogP contribution < -0.4 is 10.6 Å². The highest BCUT2D eigenvalue weighted by Crippen LogP contribution is 2.21. The van der Waals surface area contributed by atoms with Gasteiger partial charge in [0.05, 0.1) is 11.6 Å². The van der Waals surface area contributed by atoms with Crippen LogP contribution in [0.25, 0.3) is 0 Å². The Bertz CT molecular complexity index is 867. The Kier molecular flexibility index (Phi) is 5.80. The number of likely N-dealkylation sites (tertiary alicyclic amines) is 1. The number of nitrogens with zero attached hydrogens (tertiary/aromatic N) is 3. The summed E-state index contributed by atoms with van der Waals surface area (Å²) in [6, 6.07) is 8.65. The van der Waals surface area contributed by atoms with Gasteiger partial charge in [-0.25, -0.2) is 0 Å². The lowest BCUT2D eigenvalue weighted by Crippen LogP contribution is -2.46. The van der Waals surface area contributed by atoms with Crippen molar-refractivity contribution >= 4 is 11.8 Å². The van der Waals surface area contributed by atoms with E-state index in [0.29, 0.717) is 43.2 Å². The second-order valence-electron chi connectivity index (χ2n) is 7.74. The molecule has 0 saturated carbocycles. The molecular weight excluding hydrogens is 370 g/mol. The molecule has 3 N–H and O–H groups in total. The zero-order valence-corrected chi connectivity index (χ0v) is 16.4. The Balaban J connectivity index is 1.29. The average Bonchev–Trinajstić information content (AvgIpc) is 3.25. The number of carbonyl (C=O) groups excluding carboxylic acids is 2. The molecule has 29 heavy (non-hydrogen) atoms. The Hall–Kier alpha value is -2.87. The number of carbonyl (C=O) groups is 2. The highest BCUT2D eigenvalue weighted by molar-refractivity contribution is 5.97. The topological polar surface area (TPSA) is 99.5 Å². The Labute approximate surface area is 169 Å². The summed E-state index contributed by atoms with van der Waals surface area (Å²) in [5.74, 6) is -0.345. The number of aromatic hydroxyl groups is 1. The van der Waals surface area contributed by atoms with Gasteiger partial charge in [0.15, 0.2) is 0 Å². The lowest BCUT2D eigenvalue weighted by Gasteiger charge is -2.32. The third-order valence-electron chi connectivity index (χ3n) is 5.74. The van der Waals surface area contributed by atoms with Crippen LogP contribution in [0.5, 0.6) is 5.75 Å². The van der Waals surface area contributed by atoms with Gasteiger partial charge in [0.2, 0.25) is 0 Å². The lowest BCUT2D eigenvalue weighted by atomic mass is 10.0. The van der Waals surface area contributed by atoms with E-state index in [1.807, 2.05) is 10.9 Å². The molecule has 2 aromatic rings. The molecule has 2 amide bonds. The standard InChI is InChI=1S/C21H27N5O3/c27-19-6-2-1-5-17(19)21(29)25-11-7-15(8-12-25)23-20(28)18-9-13-26(24-18)16-4-3-10-22-14-16/h1-2,5-6,9,13,15-16,22,27H,3-4,7-8,10-12,14H2,(H,23,28). The number of phenols is 1. The van der Waals surface area contributed by atoms with Gasteiger partial charge in [-0.1, -0.05) is 12.1 Å². The minimum Gasteiger partial charge on any atom is -0.507 e. The molecule has 0 spiro atoms. The summed E-state index contributed by atoms with van der Waals surface area (Å²) in [6.07, 6.45) is 5.42. The van der Waals surface area contributed by atoms with E-state index in [-0.39, 0.29) is 23.6 Å². The molecule has 1 atom stereocenters. The number of piperidine rings is 2. The van der Waals surface area contributed by atoms with E-state index in [1.54, 1.807) is 29.2 Å². The van der Waals surface area contributed by atoms with Crippen molar-refractivity contribution in [2.24, 2.45) is 0 Å². The van der Waals surface area contributed by atoms with Crippen molar-refractivity contribution in [3.05, 3.63) is 47.8 Å². The number of hydrogen-bond acceptors (Lipinski definition) is 5. The number of nitrogens with one attached hydrogen (secondary N) is 2. The summed E-state index contributed by atoms with van der Waals surface area (Å²) >= 11 is 0. The first-order valence-electron chi connectivity index (χ1n) is 10.3. The van der Waals surface area contributed by atoms with E-state index in [0.717, 1.165) is 25.9 Å². The van der Waals surface area contributed by atoms with Crippen LogP contribution >= 0.6 is 0 Å². The van der Waals surface area contributed by atoms with Crippen molar-refractivity contribution in [2.75, 3.05) is 26.2 Å². The summed E-state index contributed by atoms with van der Waals surface area (Å²) < 4.78 is 1.88. The van der Waals surface area contributed by atoms with Crippen molar-refractivity contribution in [1.82, 2.24) is 25.3 Å². The molecule has 2 fully saturated rings. The van der Waals surface area contributed by atoms with Crippen LogP contribution in [0.2, 0.25) is 0 Å². The van der Waals surface area contributed by atoms with Gasteiger partial charge in [-0.3, -0.25) is 14.3 Å². The molecule has 2 saturated heterocycles. The van der Waals surface area contributed by atoms with Gasteiger partial charge in [0, 0.05) is 31.9 Å². The molecule has 1 unspecified atom stereocenters. The zero-order chi connectivity index (χ0) is 20.2. The molecule has 1 aromatic carbocycles. The molecule has 154 valence electrons. The second-order valence-corrected chi connectivity index (χ2v) is 7.74. The highest BCUT2D eigenvalue weighted by atomic mass is 16.3. The van der Waals surface area contributed by atoms with E-state index in [2.05, 4.69) is 15.7 Å². The Morgan fingerprint density at radius 1 is 1.14 bits per heavy atom. The lowest BCUT2D eigenvalue weighted by molar-refractivity contribution is 0.0695. The molecular formula is C21H27N5O3. The maximum Gasteiger partial charge on any atom is 0.271 e. The molecule has 2 aliphatic heterocycles. The van der Waals surface area contributed by atoms with Crippen LogP contribution in [0.15, 0.2) is 36.5 Å². The number of aromatic nitrogens is 2. The summed E-state index contributed by atoms with van der Waals surface area (Å²) in [5.41, 5.74) is 0.751. The van der Waals surface area contributed by atoms with Crippen LogP contribution in [0.4, 0.5) is 0 Å². The van der Waals surface area contributed by atoms with Gasteiger partial charge in [-0.15, -0.1) is 0 Å². The highest BCUT2D eigenvalue weighted by Gasteiger charge is 2.26. The molecule has 2 aliphatic rings. The van der Waals surface area contributed by atoms with Crippen LogP contribution in [0.1, 0.15) is 52.6 Å². The molecule has 1 aromatic heterocycles. The van der Waals surface area contributed by atoms with Gasteiger partial charge in [-0.05, 0) is 50.4 Å². The Morgan fingerprint density at radius 2 is 1.93 bits per heavy atom. The Morgan fingerprint density at radius 3 is 2.66 bits per heavy atom. The number of hydrogen-bond donors (Lipinski definition) is 3. The van der Waals surface area contributed by atoms with Crippen LogP contribution in [-0.4, -0.2) is 63.8 Å². The number of para-hydroxylation sites is 1. The second kappa shape index (κ2) is 8.65. The fourth-order valence-electron chi connectivity index (χ4n) is 4.03. The smallest absolute Gasteiger partial charge is 0.271 e. The van der Waals surface area contributed by atoms with E-state index in [4.69, 9.17) is 0 Å². The van der Waals surface area contributed by atoms with Gasteiger partial charge < -0.3 is 20.6 Å². The average molecular weight is 397 g/mol. The number of rotatable bonds is 4. The first-order chi connectivity index (χ1) is 14.1. The largest absolute Gasteiger partial charge is 0.507 e. The minimum absolute atomic E-state index is 0.00308. The van der Waals surface area contributed by atoms with Gasteiger partial charge in [0.1, 0.15) is 11.4 Å². The summed E-state index contributed by atoms with van der Waals surface area (Å²) in [7, 11) is 0. The predicted molar refractivity (Wildman–Crippen MR) is 108 cm³/mol. The maximum absolute atomic E-state index is 12.6. The first-order valence-corrected chi connectivity index (χ1v) is 10.3. The van der Waals surface area contributed by atoms with Crippen LogP contribution in [0, 0.1) is 0 Å². The van der Waals surface area contributed by atoms with Crippen LogP contribution in [-0.2, 0) is 0 Å². The number of phenolic OH excluding ortho intramolecular Hbond substituents is 1.